The molecule has 4 nitrogen and oxygen atoms in total. The van der Waals surface area contributed by atoms with E-state index in [0.29, 0.717) is 27.4 Å². The highest BCUT2D eigenvalue weighted by molar-refractivity contribution is 9.10. The summed E-state index contributed by atoms with van der Waals surface area (Å²) in [4.78, 5) is 14.3. The molecule has 1 aliphatic heterocycles. The Balaban J connectivity index is 1.62. The van der Waals surface area contributed by atoms with E-state index in [9.17, 15) is 13.2 Å². The minimum Gasteiger partial charge on any atom is -0.347 e. The van der Waals surface area contributed by atoms with Gasteiger partial charge in [0, 0.05) is 21.5 Å². The van der Waals surface area contributed by atoms with Gasteiger partial charge in [0.1, 0.15) is 0 Å². The van der Waals surface area contributed by atoms with Gasteiger partial charge in [0.2, 0.25) is 0 Å². The quantitative estimate of drug-likeness (QED) is 0.614. The van der Waals surface area contributed by atoms with Crippen molar-refractivity contribution in [2.24, 2.45) is 0 Å². The predicted molar refractivity (Wildman–Crippen MR) is 111 cm³/mol. The third-order valence-corrected chi connectivity index (χ3v) is 7.88. The molecule has 7 heteroatoms. The van der Waals surface area contributed by atoms with Crippen LogP contribution in [0.2, 0.25) is 0 Å². The zero-order valence-electron chi connectivity index (χ0n) is 14.5. The lowest BCUT2D eigenvalue weighted by molar-refractivity contribution is 0.0955. The Morgan fingerprint density at radius 2 is 1.89 bits per heavy atom. The van der Waals surface area contributed by atoms with E-state index in [1.54, 1.807) is 18.2 Å². The van der Waals surface area contributed by atoms with Crippen molar-refractivity contribution in [3.05, 3.63) is 74.6 Å². The lowest BCUT2D eigenvalue weighted by atomic mass is 10.1. The Hall–Kier alpha value is -1.96. The molecule has 0 aliphatic carbocycles. The van der Waals surface area contributed by atoms with E-state index in [4.69, 9.17) is 0 Å². The number of benzene rings is 2. The minimum absolute atomic E-state index is 0.0759. The fourth-order valence-electron chi connectivity index (χ4n) is 3.07. The van der Waals surface area contributed by atoms with Crippen LogP contribution >= 0.6 is 27.3 Å². The first kappa shape index (κ1) is 18.4. The van der Waals surface area contributed by atoms with Gasteiger partial charge in [0.15, 0.2) is 9.84 Å². The number of hydrogen-bond acceptors (Lipinski definition) is 4. The van der Waals surface area contributed by atoms with E-state index in [-0.39, 0.29) is 11.7 Å². The lowest BCUT2D eigenvalue weighted by Gasteiger charge is -2.16. The van der Waals surface area contributed by atoms with Crippen molar-refractivity contribution in [3.63, 3.8) is 0 Å². The summed E-state index contributed by atoms with van der Waals surface area (Å²) >= 11 is 4.67. The first-order valence-corrected chi connectivity index (χ1v) is 11.6. The van der Waals surface area contributed by atoms with Crippen LogP contribution in [0.25, 0.3) is 10.4 Å². The van der Waals surface area contributed by atoms with E-state index in [1.807, 2.05) is 37.3 Å². The van der Waals surface area contributed by atoms with Crippen LogP contribution in [0, 0.1) is 6.92 Å². The third kappa shape index (κ3) is 3.59. The monoisotopic (exact) mass is 461 g/mol. The number of carbonyl (C=O) groups is 1. The highest BCUT2D eigenvalue weighted by atomic mass is 79.9. The van der Waals surface area contributed by atoms with Crippen molar-refractivity contribution < 1.29 is 13.2 Å². The van der Waals surface area contributed by atoms with E-state index in [0.717, 1.165) is 14.9 Å². The molecule has 0 atom stereocenters. The predicted octanol–water partition coefficient (Wildman–Crippen LogP) is 4.70. The van der Waals surface area contributed by atoms with Crippen LogP contribution in [0.1, 0.15) is 26.4 Å². The number of amides is 1. The molecule has 1 aliphatic rings. The SMILES string of the molecule is Cc1ccc(CNC(=O)c2cc3c(s2)-c2ccc(Br)cc2S(=O)(=O)C3)cc1. The van der Waals surface area contributed by atoms with Crippen LogP contribution in [0.4, 0.5) is 0 Å². The molecule has 27 heavy (non-hydrogen) atoms. The van der Waals surface area contributed by atoms with Crippen molar-refractivity contribution in [2.75, 3.05) is 0 Å². The maximum atomic E-state index is 12.6. The first-order chi connectivity index (χ1) is 12.8. The molecular weight excluding hydrogens is 446 g/mol. The summed E-state index contributed by atoms with van der Waals surface area (Å²) in [6, 6.07) is 14.9. The molecule has 4 rings (SSSR count). The number of halogens is 1. The molecule has 2 heterocycles. The average molecular weight is 462 g/mol. The largest absolute Gasteiger partial charge is 0.347 e. The number of fused-ring (bicyclic) bond motifs is 3. The summed E-state index contributed by atoms with van der Waals surface area (Å²) in [5.74, 6) is -0.265. The molecule has 1 amide bonds. The second-order valence-corrected chi connectivity index (χ2v) is 10.5. The van der Waals surface area contributed by atoms with E-state index in [1.165, 1.54) is 16.9 Å². The van der Waals surface area contributed by atoms with Gasteiger partial charge in [-0.15, -0.1) is 11.3 Å². The molecule has 0 radical (unpaired) electrons. The third-order valence-electron chi connectivity index (χ3n) is 4.48. The number of hydrogen-bond donors (Lipinski definition) is 1. The maximum absolute atomic E-state index is 12.6. The Bertz CT molecular complexity index is 1150. The molecule has 0 unspecified atom stereocenters. The summed E-state index contributed by atoms with van der Waals surface area (Å²) in [5, 5.41) is 2.91. The Morgan fingerprint density at radius 3 is 2.63 bits per heavy atom. The fraction of sp³-hybridized carbons (Fsp3) is 0.150. The standard InChI is InChI=1S/C20H16BrNO3S2/c1-12-2-4-13(5-3-12)10-22-20(23)17-8-14-11-27(24,25)18-9-15(21)6-7-16(18)19(14)26-17/h2-9H,10-11H2,1H3,(H,22,23). The lowest BCUT2D eigenvalue weighted by Crippen LogP contribution is -2.21. The van der Waals surface area contributed by atoms with Crippen LogP contribution < -0.4 is 5.32 Å². The molecule has 0 bridgehead atoms. The highest BCUT2D eigenvalue weighted by Crippen LogP contribution is 2.43. The number of aryl methyl sites for hydroxylation is 1. The van der Waals surface area contributed by atoms with Gasteiger partial charge in [0.25, 0.3) is 5.91 Å². The molecule has 0 fully saturated rings. The van der Waals surface area contributed by atoms with Crippen LogP contribution in [0.5, 0.6) is 0 Å². The van der Waals surface area contributed by atoms with Crippen LogP contribution in [-0.2, 0) is 22.1 Å². The summed E-state index contributed by atoms with van der Waals surface area (Å²) < 4.78 is 25.9. The number of carbonyl (C=O) groups excluding carboxylic acids is 1. The van der Waals surface area contributed by atoms with Crippen LogP contribution in [0.3, 0.4) is 0 Å². The van der Waals surface area contributed by atoms with Crippen molar-refractivity contribution in [2.45, 2.75) is 24.1 Å². The molecule has 1 aromatic heterocycles. The maximum Gasteiger partial charge on any atom is 0.261 e. The normalized spacial score (nSPS) is 14.3. The van der Waals surface area contributed by atoms with Gasteiger partial charge in [-0.3, -0.25) is 4.79 Å². The number of sulfone groups is 1. The highest BCUT2D eigenvalue weighted by Gasteiger charge is 2.31. The smallest absolute Gasteiger partial charge is 0.261 e. The summed E-state index contributed by atoms with van der Waals surface area (Å²) in [7, 11) is -3.40. The molecule has 0 saturated carbocycles. The second-order valence-electron chi connectivity index (χ2n) is 6.53. The van der Waals surface area contributed by atoms with Gasteiger partial charge in [-0.25, -0.2) is 8.42 Å². The van der Waals surface area contributed by atoms with E-state index in [2.05, 4.69) is 21.2 Å². The summed E-state index contributed by atoms with van der Waals surface area (Å²) in [6.45, 7) is 2.45. The van der Waals surface area contributed by atoms with Gasteiger partial charge < -0.3 is 5.32 Å². The van der Waals surface area contributed by atoms with Crippen molar-refractivity contribution in [1.82, 2.24) is 5.32 Å². The molecular formula is C20H16BrNO3S2. The average Bonchev–Trinajstić information content (AvgIpc) is 3.04. The molecule has 138 valence electrons. The first-order valence-electron chi connectivity index (χ1n) is 8.32. The molecule has 3 aromatic rings. The zero-order chi connectivity index (χ0) is 19.2. The minimum atomic E-state index is -3.40. The van der Waals surface area contributed by atoms with Gasteiger partial charge >= 0.3 is 0 Å². The number of thiophene rings is 1. The van der Waals surface area contributed by atoms with Crippen molar-refractivity contribution in [1.29, 1.82) is 0 Å². The van der Waals surface area contributed by atoms with Crippen LogP contribution in [0.15, 0.2) is 57.9 Å². The van der Waals surface area contributed by atoms with Crippen LogP contribution in [-0.4, -0.2) is 14.3 Å². The summed E-state index contributed by atoms with van der Waals surface area (Å²) in [6.07, 6.45) is 0. The van der Waals surface area contributed by atoms with Gasteiger partial charge in [-0.2, -0.15) is 0 Å². The second kappa shape index (κ2) is 6.89. The Labute approximate surface area is 170 Å². The number of rotatable bonds is 3. The van der Waals surface area contributed by atoms with Crippen molar-refractivity contribution in [3.8, 4) is 10.4 Å². The summed E-state index contributed by atoms with van der Waals surface area (Å²) in [5.41, 5.74) is 3.55. The molecule has 0 spiro atoms. The topological polar surface area (TPSA) is 63.2 Å². The zero-order valence-corrected chi connectivity index (χ0v) is 17.7. The molecule has 2 aromatic carbocycles. The fourth-order valence-corrected chi connectivity index (χ4v) is 6.48. The Morgan fingerprint density at radius 1 is 1.15 bits per heavy atom. The molecule has 0 saturated heterocycles. The Kier molecular flexibility index (Phi) is 4.70. The van der Waals surface area contributed by atoms with Gasteiger partial charge in [0.05, 0.1) is 15.5 Å². The van der Waals surface area contributed by atoms with E-state index >= 15 is 0 Å². The van der Waals surface area contributed by atoms with Gasteiger partial charge in [-0.05, 0) is 36.2 Å². The van der Waals surface area contributed by atoms with Crippen molar-refractivity contribution >= 4 is 43.0 Å². The molecule has 1 N–H and O–H groups in total. The van der Waals surface area contributed by atoms with Gasteiger partial charge in [-0.1, -0.05) is 51.8 Å². The number of nitrogens with one attached hydrogen (secondary N) is 1. The van der Waals surface area contributed by atoms with E-state index < -0.39 is 9.84 Å².